The Morgan fingerprint density at radius 1 is 1.33 bits per heavy atom. The van der Waals surface area contributed by atoms with Crippen molar-refractivity contribution in [2.45, 2.75) is 53.0 Å². The predicted molar refractivity (Wildman–Crippen MR) is 91.5 cm³/mol. The number of carbonyl (C=O) groups is 1. The Morgan fingerprint density at radius 2 is 2.05 bits per heavy atom. The van der Waals surface area contributed by atoms with Gasteiger partial charge in [-0.1, -0.05) is 32.4 Å². The summed E-state index contributed by atoms with van der Waals surface area (Å²) in [5.41, 5.74) is 0.366. The molecule has 2 heterocycles. The van der Waals surface area contributed by atoms with E-state index in [0.717, 1.165) is 23.9 Å². The highest BCUT2D eigenvalue weighted by Crippen LogP contribution is 2.35. The van der Waals surface area contributed by atoms with Gasteiger partial charge < -0.3 is 0 Å². The molecule has 0 N–H and O–H groups in total. The minimum atomic E-state index is -0.0431. The van der Waals surface area contributed by atoms with Gasteiger partial charge in [-0.05, 0) is 62.7 Å². The number of halogens is 1. The Hall–Kier alpha value is -0.380. The van der Waals surface area contributed by atoms with Gasteiger partial charge in [-0.3, -0.25) is 9.69 Å². The van der Waals surface area contributed by atoms with Crippen molar-refractivity contribution in [2.75, 3.05) is 13.1 Å². The second-order valence-corrected chi connectivity index (χ2v) is 8.89. The van der Waals surface area contributed by atoms with Crippen molar-refractivity contribution in [2.24, 2.45) is 11.3 Å². The first-order chi connectivity index (χ1) is 9.79. The van der Waals surface area contributed by atoms with Crippen LogP contribution in [0.4, 0.5) is 0 Å². The zero-order valence-corrected chi connectivity index (χ0v) is 15.1. The number of likely N-dealkylation sites (tertiary alicyclic amines) is 1. The Morgan fingerprint density at radius 3 is 2.62 bits per heavy atom. The molecule has 21 heavy (non-hydrogen) atoms. The minimum Gasteiger partial charge on any atom is -0.293 e. The first-order valence-corrected chi connectivity index (χ1v) is 9.02. The molecule has 4 heteroatoms. The predicted octanol–water partition coefficient (Wildman–Crippen LogP) is 5.12. The summed E-state index contributed by atoms with van der Waals surface area (Å²) < 4.78 is 0.689. The van der Waals surface area contributed by atoms with Gasteiger partial charge >= 0.3 is 0 Å². The van der Waals surface area contributed by atoms with E-state index in [9.17, 15) is 4.79 Å². The molecule has 0 saturated carbocycles. The third kappa shape index (κ3) is 4.30. The van der Waals surface area contributed by atoms with E-state index in [4.69, 9.17) is 11.6 Å². The van der Waals surface area contributed by atoms with Crippen LogP contribution in [0.5, 0.6) is 0 Å². The quantitative estimate of drug-likeness (QED) is 0.718. The fraction of sp³-hybridized carbons (Fsp3) is 0.706. The molecular weight excluding hydrogens is 302 g/mol. The highest BCUT2D eigenvalue weighted by molar-refractivity contribution is 7.18. The van der Waals surface area contributed by atoms with Gasteiger partial charge in [0.15, 0.2) is 5.78 Å². The third-order valence-electron chi connectivity index (χ3n) is 4.73. The molecule has 0 radical (unpaired) electrons. The normalized spacial score (nSPS) is 22.8. The summed E-state index contributed by atoms with van der Waals surface area (Å²) in [6.07, 6.45) is 3.64. The number of ketones is 1. The molecule has 2 atom stereocenters. The number of carbonyl (C=O) groups excluding carboxylic acids is 1. The molecule has 2 unspecified atom stereocenters. The summed E-state index contributed by atoms with van der Waals surface area (Å²) in [5.74, 6) is 0.960. The zero-order valence-electron chi connectivity index (χ0n) is 13.5. The zero-order chi connectivity index (χ0) is 15.6. The Bertz CT molecular complexity index is 491. The summed E-state index contributed by atoms with van der Waals surface area (Å²) >= 11 is 7.33. The second-order valence-electron chi connectivity index (χ2n) is 7.17. The average molecular weight is 328 g/mol. The monoisotopic (exact) mass is 327 g/mol. The van der Waals surface area contributed by atoms with E-state index in [1.54, 1.807) is 0 Å². The number of rotatable bonds is 3. The van der Waals surface area contributed by atoms with Crippen LogP contribution in [0.2, 0.25) is 4.34 Å². The average Bonchev–Trinajstić information content (AvgIpc) is 2.69. The van der Waals surface area contributed by atoms with Gasteiger partial charge in [-0.25, -0.2) is 0 Å². The topological polar surface area (TPSA) is 20.3 Å². The maximum atomic E-state index is 12.6. The summed E-state index contributed by atoms with van der Waals surface area (Å²) in [5, 5.41) is 0. The maximum Gasteiger partial charge on any atom is 0.189 e. The van der Waals surface area contributed by atoms with Crippen molar-refractivity contribution in [3.8, 4) is 0 Å². The number of hydrogen-bond donors (Lipinski definition) is 0. The van der Waals surface area contributed by atoms with E-state index in [-0.39, 0.29) is 11.8 Å². The molecule has 0 amide bonds. The van der Waals surface area contributed by atoms with Crippen LogP contribution in [0.25, 0.3) is 0 Å². The summed E-state index contributed by atoms with van der Waals surface area (Å²) in [4.78, 5) is 15.7. The van der Waals surface area contributed by atoms with E-state index >= 15 is 0 Å². The van der Waals surface area contributed by atoms with Crippen molar-refractivity contribution in [1.29, 1.82) is 0 Å². The van der Waals surface area contributed by atoms with Crippen molar-refractivity contribution in [3.63, 3.8) is 0 Å². The lowest BCUT2D eigenvalue weighted by atomic mass is 9.77. The fourth-order valence-electron chi connectivity index (χ4n) is 3.19. The smallest absolute Gasteiger partial charge is 0.189 e. The maximum absolute atomic E-state index is 12.6. The van der Waals surface area contributed by atoms with Crippen LogP contribution in [0.15, 0.2) is 12.1 Å². The van der Waals surface area contributed by atoms with Crippen molar-refractivity contribution in [3.05, 3.63) is 21.3 Å². The van der Waals surface area contributed by atoms with Crippen LogP contribution >= 0.6 is 22.9 Å². The Labute approximate surface area is 137 Å². The standard InChI is InChI=1S/C17H26ClNOS/c1-12(16(20)14-7-8-15(18)21-14)19-10-5-6-13(9-11-19)17(2,3)4/h7-8,12-13H,5-6,9-11H2,1-4H3. The Balaban J connectivity index is 2.00. The van der Waals surface area contributed by atoms with Crippen molar-refractivity contribution in [1.82, 2.24) is 4.90 Å². The van der Waals surface area contributed by atoms with E-state index in [0.29, 0.717) is 9.75 Å². The molecule has 118 valence electrons. The minimum absolute atomic E-state index is 0.0431. The van der Waals surface area contributed by atoms with Crippen LogP contribution in [-0.2, 0) is 0 Å². The van der Waals surface area contributed by atoms with Crippen LogP contribution in [0.1, 0.15) is 56.6 Å². The molecule has 1 fully saturated rings. The molecule has 0 spiro atoms. The van der Waals surface area contributed by atoms with Crippen molar-refractivity contribution >= 4 is 28.7 Å². The molecule has 0 aliphatic carbocycles. The van der Waals surface area contributed by atoms with E-state index in [1.807, 2.05) is 19.1 Å². The second kappa shape index (κ2) is 6.80. The van der Waals surface area contributed by atoms with E-state index in [1.165, 1.54) is 30.6 Å². The van der Waals surface area contributed by atoms with Gasteiger partial charge in [-0.2, -0.15) is 0 Å². The summed E-state index contributed by atoms with van der Waals surface area (Å²) in [7, 11) is 0. The number of Topliss-reactive ketones (excluding diaryl/α,β-unsaturated/α-hetero) is 1. The number of nitrogens with zero attached hydrogens (tertiary/aromatic N) is 1. The summed E-state index contributed by atoms with van der Waals surface area (Å²) in [6, 6.07) is 3.62. The summed E-state index contributed by atoms with van der Waals surface area (Å²) in [6.45, 7) is 11.1. The van der Waals surface area contributed by atoms with Crippen LogP contribution in [0.3, 0.4) is 0 Å². The third-order valence-corrected chi connectivity index (χ3v) is 5.98. The molecule has 1 aromatic heterocycles. The molecule has 1 aliphatic rings. The van der Waals surface area contributed by atoms with Crippen LogP contribution in [0, 0.1) is 11.3 Å². The molecule has 1 saturated heterocycles. The molecular formula is C17H26ClNOS. The van der Waals surface area contributed by atoms with Crippen LogP contribution in [-0.4, -0.2) is 29.8 Å². The van der Waals surface area contributed by atoms with Gasteiger partial charge in [0.1, 0.15) is 0 Å². The van der Waals surface area contributed by atoms with Gasteiger partial charge in [0, 0.05) is 0 Å². The van der Waals surface area contributed by atoms with E-state index in [2.05, 4.69) is 25.7 Å². The molecule has 1 aliphatic heterocycles. The van der Waals surface area contributed by atoms with Gasteiger partial charge in [-0.15, -0.1) is 11.3 Å². The number of thiophene rings is 1. The first kappa shape index (κ1) is 17.0. The number of hydrogen-bond acceptors (Lipinski definition) is 3. The first-order valence-electron chi connectivity index (χ1n) is 7.82. The van der Waals surface area contributed by atoms with Gasteiger partial charge in [0.25, 0.3) is 0 Å². The van der Waals surface area contributed by atoms with E-state index < -0.39 is 0 Å². The largest absolute Gasteiger partial charge is 0.293 e. The van der Waals surface area contributed by atoms with Crippen molar-refractivity contribution < 1.29 is 4.79 Å². The lowest BCUT2D eigenvalue weighted by molar-refractivity contribution is 0.0842. The lowest BCUT2D eigenvalue weighted by Gasteiger charge is -2.30. The Kier molecular flexibility index (Phi) is 5.50. The molecule has 1 aromatic rings. The van der Waals surface area contributed by atoms with Gasteiger partial charge in [0.05, 0.1) is 15.3 Å². The lowest BCUT2D eigenvalue weighted by Crippen LogP contribution is -2.39. The van der Waals surface area contributed by atoms with Gasteiger partial charge in [0.2, 0.25) is 0 Å². The van der Waals surface area contributed by atoms with Crippen LogP contribution < -0.4 is 0 Å². The highest BCUT2D eigenvalue weighted by Gasteiger charge is 2.30. The SMILES string of the molecule is CC(C(=O)c1ccc(Cl)s1)N1CCCC(C(C)(C)C)CC1. The highest BCUT2D eigenvalue weighted by atomic mass is 35.5. The molecule has 0 aromatic carbocycles. The molecule has 2 rings (SSSR count). The molecule has 2 nitrogen and oxygen atoms in total. The fourth-order valence-corrected chi connectivity index (χ4v) is 4.26. The molecule has 0 bridgehead atoms.